The summed E-state index contributed by atoms with van der Waals surface area (Å²) in [6.45, 7) is 2.22. The Kier molecular flexibility index (Phi) is 3.16. The van der Waals surface area contributed by atoms with Crippen LogP contribution in [0.4, 0.5) is 5.95 Å². The third-order valence-corrected chi connectivity index (χ3v) is 2.87. The molecule has 0 spiro atoms. The second-order valence-corrected chi connectivity index (χ2v) is 4.24. The molecule has 1 aliphatic heterocycles. The van der Waals surface area contributed by atoms with E-state index >= 15 is 0 Å². The van der Waals surface area contributed by atoms with Crippen LogP contribution in [-0.4, -0.2) is 37.2 Å². The Bertz CT molecular complexity index is 301. The number of anilines is 1. The Morgan fingerprint density at radius 2 is 1.80 bits per heavy atom. The zero-order valence-electron chi connectivity index (χ0n) is 9.40. The summed E-state index contributed by atoms with van der Waals surface area (Å²) in [4.78, 5) is 10.6. The third kappa shape index (κ3) is 2.45. The molecule has 0 saturated carbocycles. The van der Waals surface area contributed by atoms with E-state index in [-0.39, 0.29) is 0 Å². The lowest BCUT2D eigenvalue weighted by Gasteiger charge is -2.22. The van der Waals surface area contributed by atoms with Crippen LogP contribution in [0.3, 0.4) is 0 Å². The normalized spacial score (nSPS) is 17.7. The molecule has 0 aromatic carbocycles. The minimum absolute atomic E-state index is 0.641. The highest BCUT2D eigenvalue weighted by Gasteiger charge is 2.15. The van der Waals surface area contributed by atoms with Crippen molar-refractivity contribution in [2.45, 2.75) is 18.8 Å². The molecule has 1 aromatic heterocycles. The van der Waals surface area contributed by atoms with Gasteiger partial charge >= 0.3 is 0 Å². The van der Waals surface area contributed by atoms with E-state index in [1.165, 1.54) is 18.4 Å². The number of nitrogens with one attached hydrogen (secondary N) is 1. The largest absolute Gasteiger partial charge is 0.347 e. The molecule has 0 radical (unpaired) electrons. The predicted octanol–water partition coefficient (Wildman–Crippen LogP) is 1.01. The maximum atomic E-state index is 4.35. The van der Waals surface area contributed by atoms with Crippen LogP contribution in [0.15, 0.2) is 12.4 Å². The summed E-state index contributed by atoms with van der Waals surface area (Å²) < 4.78 is 0. The first kappa shape index (κ1) is 10.4. The summed E-state index contributed by atoms with van der Waals surface area (Å²) in [5.74, 6) is 1.43. The maximum absolute atomic E-state index is 4.35. The lowest BCUT2D eigenvalue weighted by molar-refractivity contribution is 0.458. The Morgan fingerprint density at radius 3 is 2.33 bits per heavy atom. The summed E-state index contributed by atoms with van der Waals surface area (Å²) in [6, 6.07) is 0. The molecule has 1 saturated heterocycles. The monoisotopic (exact) mass is 206 g/mol. The van der Waals surface area contributed by atoms with Crippen molar-refractivity contribution in [1.29, 1.82) is 0 Å². The molecule has 2 rings (SSSR count). The van der Waals surface area contributed by atoms with E-state index in [1.54, 1.807) is 0 Å². The van der Waals surface area contributed by atoms with Crippen molar-refractivity contribution in [3.63, 3.8) is 0 Å². The second-order valence-electron chi connectivity index (χ2n) is 4.24. The summed E-state index contributed by atoms with van der Waals surface area (Å²) in [6.07, 6.45) is 6.34. The molecule has 1 fully saturated rings. The van der Waals surface area contributed by atoms with Gasteiger partial charge in [0.05, 0.1) is 0 Å². The lowest BCUT2D eigenvalue weighted by Crippen LogP contribution is -2.26. The summed E-state index contributed by atoms with van der Waals surface area (Å²) >= 11 is 0. The number of aromatic nitrogens is 2. The van der Waals surface area contributed by atoms with Crippen molar-refractivity contribution in [3.8, 4) is 0 Å². The smallest absolute Gasteiger partial charge is 0.224 e. The number of rotatable bonds is 2. The van der Waals surface area contributed by atoms with Gasteiger partial charge in [-0.15, -0.1) is 0 Å². The second kappa shape index (κ2) is 4.57. The van der Waals surface area contributed by atoms with E-state index in [1.807, 2.05) is 31.4 Å². The third-order valence-electron chi connectivity index (χ3n) is 2.87. The van der Waals surface area contributed by atoms with Crippen LogP contribution in [-0.2, 0) is 0 Å². The first-order valence-electron chi connectivity index (χ1n) is 5.47. The molecule has 2 heterocycles. The molecule has 1 aliphatic rings. The highest BCUT2D eigenvalue weighted by Crippen LogP contribution is 2.24. The maximum Gasteiger partial charge on any atom is 0.224 e. The van der Waals surface area contributed by atoms with E-state index in [9.17, 15) is 0 Å². The zero-order chi connectivity index (χ0) is 10.7. The molecule has 82 valence electrons. The molecule has 15 heavy (non-hydrogen) atoms. The molecule has 1 N–H and O–H groups in total. The molecule has 4 nitrogen and oxygen atoms in total. The highest BCUT2D eigenvalue weighted by molar-refractivity contribution is 5.27. The first-order valence-corrected chi connectivity index (χ1v) is 5.47. The molecule has 0 bridgehead atoms. The van der Waals surface area contributed by atoms with Crippen LogP contribution in [0.2, 0.25) is 0 Å². The van der Waals surface area contributed by atoms with Gasteiger partial charge in [0, 0.05) is 26.5 Å². The molecule has 1 aromatic rings. The minimum Gasteiger partial charge on any atom is -0.347 e. The van der Waals surface area contributed by atoms with Crippen LogP contribution in [0.1, 0.15) is 24.3 Å². The molecule has 0 aliphatic carbocycles. The fraction of sp³-hybridized carbons (Fsp3) is 0.636. The topological polar surface area (TPSA) is 41.1 Å². The quantitative estimate of drug-likeness (QED) is 0.784. The molecule has 0 atom stereocenters. The Morgan fingerprint density at radius 1 is 1.20 bits per heavy atom. The van der Waals surface area contributed by atoms with Gasteiger partial charge in [0.15, 0.2) is 0 Å². The number of hydrogen-bond acceptors (Lipinski definition) is 4. The highest BCUT2D eigenvalue weighted by atomic mass is 15.2. The van der Waals surface area contributed by atoms with Gasteiger partial charge in [0.2, 0.25) is 5.95 Å². The number of nitrogens with zero attached hydrogens (tertiary/aromatic N) is 3. The Labute approximate surface area is 90.7 Å². The number of hydrogen-bond donors (Lipinski definition) is 1. The van der Waals surface area contributed by atoms with Gasteiger partial charge in [-0.3, -0.25) is 0 Å². The van der Waals surface area contributed by atoms with Crippen molar-refractivity contribution >= 4 is 5.95 Å². The van der Waals surface area contributed by atoms with Gasteiger partial charge in [-0.2, -0.15) is 0 Å². The van der Waals surface area contributed by atoms with Gasteiger partial charge < -0.3 is 10.2 Å². The Hall–Kier alpha value is -1.16. The van der Waals surface area contributed by atoms with Gasteiger partial charge in [0.25, 0.3) is 0 Å². The van der Waals surface area contributed by atoms with Crippen LogP contribution >= 0.6 is 0 Å². The van der Waals surface area contributed by atoms with E-state index in [0.29, 0.717) is 5.92 Å². The zero-order valence-corrected chi connectivity index (χ0v) is 9.40. The van der Waals surface area contributed by atoms with Crippen molar-refractivity contribution < 1.29 is 0 Å². The fourth-order valence-electron chi connectivity index (χ4n) is 1.93. The van der Waals surface area contributed by atoms with Crippen molar-refractivity contribution in [3.05, 3.63) is 18.0 Å². The number of piperidine rings is 1. The van der Waals surface area contributed by atoms with E-state index in [4.69, 9.17) is 0 Å². The minimum atomic E-state index is 0.641. The van der Waals surface area contributed by atoms with E-state index in [2.05, 4.69) is 15.3 Å². The van der Waals surface area contributed by atoms with Crippen molar-refractivity contribution in [1.82, 2.24) is 15.3 Å². The van der Waals surface area contributed by atoms with Gasteiger partial charge in [-0.25, -0.2) is 9.97 Å². The average Bonchev–Trinajstić information content (AvgIpc) is 2.30. The lowest BCUT2D eigenvalue weighted by atomic mass is 9.92. The molecule has 4 heteroatoms. The van der Waals surface area contributed by atoms with Crippen LogP contribution in [0.5, 0.6) is 0 Å². The van der Waals surface area contributed by atoms with Gasteiger partial charge in [-0.05, 0) is 37.4 Å². The predicted molar refractivity (Wildman–Crippen MR) is 61.2 cm³/mol. The van der Waals surface area contributed by atoms with E-state index < -0.39 is 0 Å². The van der Waals surface area contributed by atoms with Gasteiger partial charge in [0.1, 0.15) is 0 Å². The molecular weight excluding hydrogens is 188 g/mol. The van der Waals surface area contributed by atoms with E-state index in [0.717, 1.165) is 19.0 Å². The Balaban J connectivity index is 2.08. The van der Waals surface area contributed by atoms with Crippen LogP contribution in [0.25, 0.3) is 0 Å². The molecule has 0 unspecified atom stereocenters. The van der Waals surface area contributed by atoms with Gasteiger partial charge in [-0.1, -0.05) is 0 Å². The van der Waals surface area contributed by atoms with Crippen molar-refractivity contribution in [2.75, 3.05) is 32.1 Å². The van der Waals surface area contributed by atoms with Crippen LogP contribution in [0, 0.1) is 0 Å². The average molecular weight is 206 g/mol. The first-order chi connectivity index (χ1) is 7.27. The van der Waals surface area contributed by atoms with Crippen LogP contribution < -0.4 is 10.2 Å². The summed E-state index contributed by atoms with van der Waals surface area (Å²) in [5.41, 5.74) is 1.28. The standard InChI is InChI=1S/C11H18N4/c1-15(2)11-13-7-10(8-14-11)9-3-5-12-6-4-9/h7-9,12H,3-6H2,1-2H3. The fourth-order valence-corrected chi connectivity index (χ4v) is 1.93. The molecule has 0 amide bonds. The SMILES string of the molecule is CN(C)c1ncc(C2CCNCC2)cn1. The molecular formula is C11H18N4. The summed E-state index contributed by atoms with van der Waals surface area (Å²) in [7, 11) is 3.92. The summed E-state index contributed by atoms with van der Waals surface area (Å²) in [5, 5.41) is 3.37. The van der Waals surface area contributed by atoms with Crippen molar-refractivity contribution in [2.24, 2.45) is 0 Å².